The van der Waals surface area contributed by atoms with Gasteiger partial charge in [-0.3, -0.25) is 9.59 Å². The Kier molecular flexibility index (Phi) is 3.43. The average Bonchev–Trinajstić information content (AvgIpc) is 2.33. The molecule has 0 atom stereocenters. The Bertz CT molecular complexity index is 645. The Hall–Kier alpha value is -2.14. The number of carbonyl (C=O) groups is 1. The van der Waals surface area contributed by atoms with Crippen molar-refractivity contribution >= 4 is 16.9 Å². The zero-order valence-corrected chi connectivity index (χ0v) is 9.67. The van der Waals surface area contributed by atoms with Crippen LogP contribution in [0.5, 0.6) is 0 Å². The predicted molar refractivity (Wildman–Crippen MR) is 66.6 cm³/mol. The zero-order valence-electron chi connectivity index (χ0n) is 9.67. The Morgan fingerprint density at radius 3 is 2.67 bits per heavy atom. The van der Waals surface area contributed by atoms with Crippen molar-refractivity contribution in [3.63, 3.8) is 0 Å². The first-order chi connectivity index (χ1) is 8.63. The molecule has 0 spiro atoms. The van der Waals surface area contributed by atoms with Gasteiger partial charge in [0.2, 0.25) is 0 Å². The molecule has 0 radical (unpaired) electrons. The molecule has 2 N–H and O–H groups in total. The third kappa shape index (κ3) is 2.26. The van der Waals surface area contributed by atoms with Crippen LogP contribution in [0.1, 0.15) is 5.69 Å². The summed E-state index contributed by atoms with van der Waals surface area (Å²) in [7, 11) is 0. The minimum Gasteiger partial charge on any atom is -0.481 e. The number of nitrogens with zero attached hydrogens (tertiary/aromatic N) is 1. The molecule has 0 unspecified atom stereocenters. The number of benzene rings is 1. The van der Waals surface area contributed by atoms with Crippen LogP contribution in [0.25, 0.3) is 10.9 Å². The standard InChI is InChI=1S/C13H13NO4/c15-6-5-14-9(8-13(17)18)7-12(16)10-3-1-2-4-11(10)14/h1-4,7,15H,5-6,8H2,(H,17,18). The van der Waals surface area contributed by atoms with Gasteiger partial charge in [-0.25, -0.2) is 0 Å². The summed E-state index contributed by atoms with van der Waals surface area (Å²) in [5.74, 6) is -1.00. The average molecular weight is 247 g/mol. The number of carboxylic acid groups (broad SMARTS) is 1. The van der Waals surface area contributed by atoms with Crippen LogP contribution in [-0.2, 0) is 17.8 Å². The maximum absolute atomic E-state index is 11.9. The topological polar surface area (TPSA) is 79.5 Å². The lowest BCUT2D eigenvalue weighted by atomic mass is 10.1. The van der Waals surface area contributed by atoms with Crippen molar-refractivity contribution in [2.24, 2.45) is 0 Å². The smallest absolute Gasteiger partial charge is 0.309 e. The van der Waals surface area contributed by atoms with Crippen molar-refractivity contribution in [1.29, 1.82) is 0 Å². The lowest BCUT2D eigenvalue weighted by Crippen LogP contribution is -2.18. The predicted octanol–water partition coefficient (Wildman–Crippen LogP) is 0.621. The third-order valence-corrected chi connectivity index (χ3v) is 2.76. The molecule has 0 amide bonds. The second kappa shape index (κ2) is 5.01. The van der Waals surface area contributed by atoms with E-state index < -0.39 is 5.97 Å². The fraction of sp³-hybridized carbons (Fsp3) is 0.231. The number of para-hydroxylation sites is 1. The van der Waals surface area contributed by atoms with Gasteiger partial charge in [-0.1, -0.05) is 12.1 Å². The first kappa shape index (κ1) is 12.3. The van der Waals surface area contributed by atoms with Gasteiger partial charge in [0, 0.05) is 23.7 Å². The number of pyridine rings is 1. The summed E-state index contributed by atoms with van der Waals surface area (Å²) in [4.78, 5) is 22.7. The third-order valence-electron chi connectivity index (χ3n) is 2.76. The molecule has 0 aliphatic rings. The largest absolute Gasteiger partial charge is 0.481 e. The Labute approximate surface area is 103 Å². The van der Waals surface area contributed by atoms with Crippen LogP contribution in [-0.4, -0.2) is 27.4 Å². The number of aliphatic hydroxyl groups is 1. The second-order valence-electron chi connectivity index (χ2n) is 3.96. The highest BCUT2D eigenvalue weighted by Crippen LogP contribution is 2.13. The number of carboxylic acids is 1. The molecule has 0 aliphatic carbocycles. The lowest BCUT2D eigenvalue weighted by molar-refractivity contribution is -0.136. The van der Waals surface area contributed by atoms with Crippen molar-refractivity contribution in [2.75, 3.05) is 6.61 Å². The van der Waals surface area contributed by atoms with Gasteiger partial charge in [-0.2, -0.15) is 0 Å². The summed E-state index contributed by atoms with van der Waals surface area (Å²) in [5.41, 5.74) is 0.853. The highest BCUT2D eigenvalue weighted by atomic mass is 16.4. The van der Waals surface area contributed by atoms with Gasteiger partial charge in [0.1, 0.15) is 0 Å². The Balaban J connectivity index is 2.73. The zero-order chi connectivity index (χ0) is 13.1. The van der Waals surface area contributed by atoms with Gasteiger partial charge >= 0.3 is 5.97 Å². The minimum atomic E-state index is -1.00. The summed E-state index contributed by atoms with van der Waals surface area (Å²) >= 11 is 0. The monoisotopic (exact) mass is 247 g/mol. The van der Waals surface area contributed by atoms with Crippen molar-refractivity contribution in [1.82, 2.24) is 4.57 Å². The Morgan fingerprint density at radius 2 is 2.00 bits per heavy atom. The van der Waals surface area contributed by atoms with E-state index in [2.05, 4.69) is 0 Å². The number of hydrogen-bond donors (Lipinski definition) is 2. The van der Waals surface area contributed by atoms with Crippen molar-refractivity contribution in [2.45, 2.75) is 13.0 Å². The van der Waals surface area contributed by atoms with Crippen molar-refractivity contribution in [3.05, 3.63) is 46.2 Å². The molecule has 0 bridgehead atoms. The van der Waals surface area contributed by atoms with Crippen LogP contribution in [0.4, 0.5) is 0 Å². The van der Waals surface area contributed by atoms with E-state index in [0.29, 0.717) is 16.6 Å². The Morgan fingerprint density at radius 1 is 1.28 bits per heavy atom. The van der Waals surface area contributed by atoms with Gasteiger partial charge in [-0.15, -0.1) is 0 Å². The number of aliphatic carboxylic acids is 1. The minimum absolute atomic E-state index is 0.112. The first-order valence-corrected chi connectivity index (χ1v) is 5.57. The molecule has 1 aromatic heterocycles. The maximum Gasteiger partial charge on any atom is 0.309 e. The number of rotatable bonds is 4. The number of aliphatic hydroxyl groups excluding tert-OH is 1. The lowest BCUT2D eigenvalue weighted by Gasteiger charge is -2.14. The fourth-order valence-electron chi connectivity index (χ4n) is 2.04. The van der Waals surface area contributed by atoms with Gasteiger partial charge < -0.3 is 14.8 Å². The van der Waals surface area contributed by atoms with Crippen LogP contribution in [0.15, 0.2) is 35.1 Å². The molecule has 0 saturated carbocycles. The number of hydrogen-bond acceptors (Lipinski definition) is 3. The summed E-state index contributed by atoms with van der Waals surface area (Å²) in [6, 6.07) is 8.30. The summed E-state index contributed by atoms with van der Waals surface area (Å²) in [6.45, 7) is 0.156. The molecular formula is C13H13NO4. The van der Waals surface area contributed by atoms with Gasteiger partial charge in [-0.05, 0) is 12.1 Å². The molecule has 5 nitrogen and oxygen atoms in total. The maximum atomic E-state index is 11.9. The molecule has 0 fully saturated rings. The van der Waals surface area contributed by atoms with E-state index in [9.17, 15) is 9.59 Å². The molecule has 1 aromatic carbocycles. The van der Waals surface area contributed by atoms with Crippen LogP contribution in [0.3, 0.4) is 0 Å². The summed E-state index contributed by atoms with van der Waals surface area (Å²) < 4.78 is 1.67. The van der Waals surface area contributed by atoms with Gasteiger partial charge in [0.25, 0.3) is 0 Å². The van der Waals surface area contributed by atoms with Crippen LogP contribution < -0.4 is 5.43 Å². The van der Waals surface area contributed by atoms with Gasteiger partial charge in [0.15, 0.2) is 5.43 Å². The van der Waals surface area contributed by atoms with Crippen molar-refractivity contribution in [3.8, 4) is 0 Å². The molecular weight excluding hydrogens is 234 g/mol. The van der Waals surface area contributed by atoms with E-state index in [1.54, 1.807) is 28.8 Å². The molecule has 94 valence electrons. The van der Waals surface area contributed by atoms with E-state index in [-0.39, 0.29) is 25.0 Å². The molecule has 2 aromatic rings. The molecule has 0 aliphatic heterocycles. The second-order valence-corrected chi connectivity index (χ2v) is 3.96. The van der Waals surface area contributed by atoms with Gasteiger partial charge in [0.05, 0.1) is 18.5 Å². The molecule has 18 heavy (non-hydrogen) atoms. The molecule has 0 saturated heterocycles. The summed E-state index contributed by atoms with van der Waals surface area (Å²) in [5, 5.41) is 18.4. The van der Waals surface area contributed by atoms with E-state index in [1.165, 1.54) is 6.07 Å². The molecule has 5 heteroatoms. The molecule has 2 rings (SSSR count). The first-order valence-electron chi connectivity index (χ1n) is 5.57. The highest BCUT2D eigenvalue weighted by molar-refractivity contribution is 5.80. The summed E-state index contributed by atoms with van der Waals surface area (Å²) in [6.07, 6.45) is -0.236. The normalized spacial score (nSPS) is 10.7. The van der Waals surface area contributed by atoms with E-state index >= 15 is 0 Å². The van der Waals surface area contributed by atoms with E-state index in [4.69, 9.17) is 10.2 Å². The van der Waals surface area contributed by atoms with Crippen LogP contribution >= 0.6 is 0 Å². The van der Waals surface area contributed by atoms with E-state index in [0.717, 1.165) is 0 Å². The fourth-order valence-corrected chi connectivity index (χ4v) is 2.04. The number of fused-ring (bicyclic) bond motifs is 1. The molecule has 1 heterocycles. The van der Waals surface area contributed by atoms with Crippen LogP contribution in [0.2, 0.25) is 0 Å². The van der Waals surface area contributed by atoms with Crippen molar-refractivity contribution < 1.29 is 15.0 Å². The van der Waals surface area contributed by atoms with E-state index in [1.807, 2.05) is 0 Å². The quantitative estimate of drug-likeness (QED) is 0.830. The highest BCUT2D eigenvalue weighted by Gasteiger charge is 2.11. The number of aromatic nitrogens is 1. The van der Waals surface area contributed by atoms with Crippen LogP contribution in [0, 0.1) is 0 Å². The SMILES string of the molecule is O=C(O)Cc1cc(=O)c2ccccc2n1CCO.